The zero-order valence-electron chi connectivity index (χ0n) is 13.0. The summed E-state index contributed by atoms with van der Waals surface area (Å²) in [6.07, 6.45) is 0.436. The van der Waals surface area contributed by atoms with Gasteiger partial charge in [-0.05, 0) is 6.92 Å². The summed E-state index contributed by atoms with van der Waals surface area (Å²) in [7, 11) is 6.67. The fraction of sp³-hybridized carbons (Fsp3) is 1.00. The first-order valence-corrected chi connectivity index (χ1v) is 6.56. The van der Waals surface area contributed by atoms with Gasteiger partial charge in [-0.15, -0.1) is 0 Å². The predicted molar refractivity (Wildman–Crippen MR) is 75.2 cm³/mol. The second-order valence-electron chi connectivity index (χ2n) is 4.78. The Balaban J connectivity index is 4.73. The molecule has 6 heteroatoms. The number of nitrogens with two attached hydrogens (primary N) is 1. The molecule has 1 atom stereocenters. The van der Waals surface area contributed by atoms with Crippen LogP contribution in [0.4, 0.5) is 0 Å². The SMILES string of the molecule is COCCN(CCOC)C(C)(CN)CC(OC)OC. The van der Waals surface area contributed by atoms with Gasteiger partial charge in [-0.1, -0.05) is 0 Å². The Morgan fingerprint density at radius 2 is 1.47 bits per heavy atom. The van der Waals surface area contributed by atoms with Crippen LogP contribution in [0.5, 0.6) is 0 Å². The molecule has 0 aromatic carbocycles. The van der Waals surface area contributed by atoms with Gasteiger partial charge in [0, 0.05) is 60.0 Å². The summed E-state index contributed by atoms with van der Waals surface area (Å²) in [6.45, 7) is 5.54. The lowest BCUT2D eigenvalue weighted by Crippen LogP contribution is -2.55. The quantitative estimate of drug-likeness (QED) is 0.518. The highest BCUT2D eigenvalue weighted by Crippen LogP contribution is 2.21. The molecule has 19 heavy (non-hydrogen) atoms. The van der Waals surface area contributed by atoms with Crippen LogP contribution in [-0.4, -0.2) is 78.0 Å². The molecule has 0 radical (unpaired) electrons. The normalized spacial score (nSPS) is 15.2. The van der Waals surface area contributed by atoms with Crippen LogP contribution in [0.1, 0.15) is 13.3 Å². The van der Waals surface area contributed by atoms with Gasteiger partial charge in [-0.25, -0.2) is 0 Å². The van der Waals surface area contributed by atoms with E-state index in [2.05, 4.69) is 11.8 Å². The van der Waals surface area contributed by atoms with Crippen molar-refractivity contribution in [2.75, 3.05) is 61.3 Å². The number of methoxy groups -OCH3 is 4. The van der Waals surface area contributed by atoms with E-state index >= 15 is 0 Å². The lowest BCUT2D eigenvalue weighted by molar-refractivity contribution is -0.130. The van der Waals surface area contributed by atoms with Crippen molar-refractivity contribution in [1.29, 1.82) is 0 Å². The van der Waals surface area contributed by atoms with Gasteiger partial charge in [0.25, 0.3) is 0 Å². The van der Waals surface area contributed by atoms with Crippen molar-refractivity contribution in [1.82, 2.24) is 4.90 Å². The van der Waals surface area contributed by atoms with Gasteiger partial charge in [0.05, 0.1) is 13.2 Å². The molecule has 0 saturated carbocycles. The fourth-order valence-corrected chi connectivity index (χ4v) is 2.02. The van der Waals surface area contributed by atoms with Crippen LogP contribution in [0.3, 0.4) is 0 Å². The Labute approximate surface area is 117 Å². The number of hydrogen-bond donors (Lipinski definition) is 1. The molecular formula is C13H30N2O4. The molecule has 0 fully saturated rings. The van der Waals surface area contributed by atoms with E-state index in [1.165, 1.54) is 0 Å². The van der Waals surface area contributed by atoms with Gasteiger partial charge in [-0.2, -0.15) is 0 Å². The highest BCUT2D eigenvalue weighted by atomic mass is 16.7. The highest BCUT2D eigenvalue weighted by Gasteiger charge is 2.33. The van der Waals surface area contributed by atoms with Crippen molar-refractivity contribution in [3.63, 3.8) is 0 Å². The van der Waals surface area contributed by atoms with Crippen molar-refractivity contribution in [3.8, 4) is 0 Å². The topological polar surface area (TPSA) is 66.2 Å². The number of ether oxygens (including phenoxy) is 4. The molecule has 0 bridgehead atoms. The van der Waals surface area contributed by atoms with Gasteiger partial charge in [0.15, 0.2) is 6.29 Å². The van der Waals surface area contributed by atoms with E-state index in [9.17, 15) is 0 Å². The lowest BCUT2D eigenvalue weighted by atomic mass is 9.94. The maximum absolute atomic E-state index is 5.97. The smallest absolute Gasteiger partial charge is 0.158 e. The van der Waals surface area contributed by atoms with Crippen LogP contribution in [0.2, 0.25) is 0 Å². The molecule has 2 N–H and O–H groups in total. The molecule has 0 aliphatic carbocycles. The summed E-state index contributed by atoms with van der Waals surface area (Å²) in [5.74, 6) is 0. The van der Waals surface area contributed by atoms with Gasteiger partial charge < -0.3 is 24.7 Å². The maximum atomic E-state index is 5.97. The van der Waals surface area contributed by atoms with Crippen LogP contribution in [0.15, 0.2) is 0 Å². The Bertz CT molecular complexity index is 207. The monoisotopic (exact) mass is 278 g/mol. The third-order valence-electron chi connectivity index (χ3n) is 3.47. The van der Waals surface area contributed by atoms with Gasteiger partial charge in [0.2, 0.25) is 0 Å². The first-order chi connectivity index (χ1) is 9.07. The van der Waals surface area contributed by atoms with Crippen LogP contribution in [-0.2, 0) is 18.9 Å². The second-order valence-corrected chi connectivity index (χ2v) is 4.78. The zero-order valence-corrected chi connectivity index (χ0v) is 13.0. The minimum absolute atomic E-state index is 0.215. The molecule has 0 spiro atoms. The second kappa shape index (κ2) is 10.5. The largest absolute Gasteiger partial charge is 0.383 e. The Morgan fingerprint density at radius 3 is 1.79 bits per heavy atom. The summed E-state index contributed by atoms with van der Waals surface area (Å²) >= 11 is 0. The fourth-order valence-electron chi connectivity index (χ4n) is 2.02. The van der Waals surface area contributed by atoms with E-state index in [-0.39, 0.29) is 11.8 Å². The zero-order chi connectivity index (χ0) is 14.7. The summed E-state index contributed by atoms with van der Waals surface area (Å²) in [4.78, 5) is 2.27. The van der Waals surface area contributed by atoms with Gasteiger partial charge in [0.1, 0.15) is 0 Å². The van der Waals surface area contributed by atoms with Crippen molar-refractivity contribution in [2.45, 2.75) is 25.2 Å². The molecule has 6 nitrogen and oxygen atoms in total. The van der Waals surface area contributed by atoms with Crippen LogP contribution in [0.25, 0.3) is 0 Å². The lowest BCUT2D eigenvalue weighted by Gasteiger charge is -2.42. The number of nitrogens with zero attached hydrogens (tertiary/aromatic N) is 1. The third-order valence-corrected chi connectivity index (χ3v) is 3.47. The van der Waals surface area contributed by atoms with Crippen LogP contribution in [0, 0.1) is 0 Å². The van der Waals surface area contributed by atoms with Crippen LogP contribution < -0.4 is 5.73 Å². The standard InChI is InChI=1S/C13H30N2O4/c1-13(11-14,10-12(18-4)19-5)15(6-8-16-2)7-9-17-3/h12H,6-11,14H2,1-5H3. The van der Waals surface area contributed by atoms with E-state index in [1.807, 2.05) is 0 Å². The highest BCUT2D eigenvalue weighted by molar-refractivity contribution is 4.88. The first kappa shape index (κ1) is 18.8. The molecular weight excluding hydrogens is 248 g/mol. The Kier molecular flexibility index (Phi) is 10.4. The van der Waals surface area contributed by atoms with Crippen molar-refractivity contribution >= 4 is 0 Å². The molecule has 0 saturated heterocycles. The molecule has 116 valence electrons. The van der Waals surface area contributed by atoms with Gasteiger partial charge in [-0.3, -0.25) is 4.90 Å². The summed E-state index contributed by atoms with van der Waals surface area (Å²) in [5.41, 5.74) is 5.76. The Morgan fingerprint density at radius 1 is 1.00 bits per heavy atom. The number of hydrogen-bond acceptors (Lipinski definition) is 6. The van der Waals surface area contributed by atoms with Crippen molar-refractivity contribution < 1.29 is 18.9 Å². The van der Waals surface area contributed by atoms with E-state index in [1.54, 1.807) is 28.4 Å². The molecule has 0 aliphatic rings. The van der Waals surface area contributed by atoms with Crippen LogP contribution >= 0.6 is 0 Å². The number of rotatable bonds is 12. The van der Waals surface area contributed by atoms with Crippen molar-refractivity contribution in [3.05, 3.63) is 0 Å². The predicted octanol–water partition coefficient (Wildman–Crippen LogP) is 0.308. The molecule has 0 aromatic rings. The average molecular weight is 278 g/mol. The Hall–Kier alpha value is -0.240. The van der Waals surface area contributed by atoms with E-state index in [0.29, 0.717) is 26.2 Å². The molecule has 0 rings (SSSR count). The summed E-state index contributed by atoms with van der Waals surface area (Å²) in [6, 6.07) is 0. The summed E-state index contributed by atoms with van der Waals surface area (Å²) in [5, 5.41) is 0. The molecule has 0 amide bonds. The minimum Gasteiger partial charge on any atom is -0.383 e. The van der Waals surface area contributed by atoms with Gasteiger partial charge >= 0.3 is 0 Å². The first-order valence-electron chi connectivity index (χ1n) is 6.56. The van der Waals surface area contributed by atoms with Crippen molar-refractivity contribution in [2.24, 2.45) is 5.73 Å². The molecule has 0 aromatic heterocycles. The van der Waals surface area contributed by atoms with E-state index in [4.69, 9.17) is 24.7 Å². The van der Waals surface area contributed by atoms with E-state index < -0.39 is 0 Å². The maximum Gasteiger partial charge on any atom is 0.158 e. The minimum atomic E-state index is -0.263. The summed E-state index contributed by atoms with van der Waals surface area (Å²) < 4.78 is 20.9. The molecule has 1 unspecified atom stereocenters. The molecule has 0 heterocycles. The third kappa shape index (κ3) is 6.65. The average Bonchev–Trinajstić information content (AvgIpc) is 2.44. The van der Waals surface area contributed by atoms with E-state index in [0.717, 1.165) is 13.1 Å². The molecule has 0 aliphatic heterocycles.